The fraction of sp³-hybridized carbons (Fsp3) is 0.364. The van der Waals surface area contributed by atoms with Crippen LogP contribution in [0.1, 0.15) is 12.0 Å². The highest BCUT2D eigenvalue weighted by Crippen LogP contribution is 2.41. The average Bonchev–Trinajstić information content (AvgIpc) is 2.62. The van der Waals surface area contributed by atoms with Crippen molar-refractivity contribution in [2.24, 2.45) is 10.7 Å². The number of hydrogen-bond donors (Lipinski definition) is 1. The molecule has 1 atom stereocenters. The number of amidine groups is 1. The third-order valence-corrected chi connectivity index (χ3v) is 2.93. The minimum absolute atomic E-state index is 0.284. The Morgan fingerprint density at radius 1 is 1.33 bits per heavy atom. The topological polar surface area (TPSA) is 56.8 Å². The molecule has 0 aliphatic carbocycles. The van der Waals surface area contributed by atoms with Crippen LogP contribution in [-0.2, 0) is 10.3 Å². The standard InChI is InChI=1S/C11H12N2O2/c12-10-13-7-11(15-10)5-6-14-9-4-2-1-3-8(9)11/h1-4H,5-7H2,(H2,12,13). The van der Waals surface area contributed by atoms with E-state index in [9.17, 15) is 0 Å². The lowest BCUT2D eigenvalue weighted by molar-refractivity contribution is 0.0364. The molecule has 0 aromatic heterocycles. The minimum Gasteiger partial charge on any atom is -0.493 e. The van der Waals surface area contributed by atoms with Crippen molar-refractivity contribution in [2.45, 2.75) is 12.0 Å². The largest absolute Gasteiger partial charge is 0.493 e. The summed E-state index contributed by atoms with van der Waals surface area (Å²) in [6.07, 6.45) is 0.800. The van der Waals surface area contributed by atoms with E-state index < -0.39 is 0 Å². The van der Waals surface area contributed by atoms with Crippen molar-refractivity contribution in [3.05, 3.63) is 29.8 Å². The van der Waals surface area contributed by atoms with Gasteiger partial charge in [-0.05, 0) is 6.07 Å². The second-order valence-electron chi connectivity index (χ2n) is 3.85. The maximum atomic E-state index is 5.66. The van der Waals surface area contributed by atoms with Crippen molar-refractivity contribution in [2.75, 3.05) is 13.2 Å². The van der Waals surface area contributed by atoms with Crippen molar-refractivity contribution < 1.29 is 9.47 Å². The molecule has 0 fully saturated rings. The maximum Gasteiger partial charge on any atom is 0.283 e. The number of aliphatic imine (C=N–C) groups is 1. The van der Waals surface area contributed by atoms with E-state index in [-0.39, 0.29) is 11.6 Å². The van der Waals surface area contributed by atoms with Crippen LogP contribution in [0.25, 0.3) is 0 Å². The molecule has 4 heteroatoms. The monoisotopic (exact) mass is 204 g/mol. The van der Waals surface area contributed by atoms with Crippen LogP contribution in [0.5, 0.6) is 5.75 Å². The molecule has 4 nitrogen and oxygen atoms in total. The normalized spacial score (nSPS) is 27.9. The van der Waals surface area contributed by atoms with Crippen LogP contribution in [0.3, 0.4) is 0 Å². The molecule has 1 spiro atoms. The Labute approximate surface area is 87.7 Å². The molecule has 2 N–H and O–H groups in total. The number of rotatable bonds is 0. The predicted molar refractivity (Wildman–Crippen MR) is 55.8 cm³/mol. The Bertz CT molecular complexity index is 430. The molecular weight excluding hydrogens is 192 g/mol. The third kappa shape index (κ3) is 1.17. The minimum atomic E-state index is -0.376. The maximum absolute atomic E-state index is 5.66. The van der Waals surface area contributed by atoms with E-state index in [4.69, 9.17) is 15.2 Å². The first kappa shape index (κ1) is 8.59. The Kier molecular flexibility index (Phi) is 1.65. The van der Waals surface area contributed by atoms with Crippen molar-refractivity contribution >= 4 is 6.02 Å². The van der Waals surface area contributed by atoms with Crippen LogP contribution in [0.2, 0.25) is 0 Å². The Morgan fingerprint density at radius 3 is 3.00 bits per heavy atom. The van der Waals surface area contributed by atoms with Crippen LogP contribution in [-0.4, -0.2) is 19.2 Å². The van der Waals surface area contributed by atoms with Gasteiger partial charge in [0, 0.05) is 12.0 Å². The van der Waals surface area contributed by atoms with Gasteiger partial charge in [-0.3, -0.25) is 0 Å². The zero-order valence-corrected chi connectivity index (χ0v) is 8.27. The van der Waals surface area contributed by atoms with Gasteiger partial charge in [0.05, 0.1) is 13.2 Å². The molecule has 15 heavy (non-hydrogen) atoms. The van der Waals surface area contributed by atoms with E-state index in [0.717, 1.165) is 17.7 Å². The zero-order valence-electron chi connectivity index (χ0n) is 8.27. The molecule has 2 aliphatic heterocycles. The summed E-state index contributed by atoms with van der Waals surface area (Å²) in [5.41, 5.74) is 6.26. The summed E-state index contributed by atoms with van der Waals surface area (Å²) in [5, 5.41) is 0. The first-order chi connectivity index (χ1) is 7.30. The van der Waals surface area contributed by atoms with Gasteiger partial charge in [0.1, 0.15) is 5.75 Å². The van der Waals surface area contributed by atoms with Gasteiger partial charge >= 0.3 is 0 Å². The first-order valence-electron chi connectivity index (χ1n) is 5.01. The van der Waals surface area contributed by atoms with E-state index in [2.05, 4.69) is 4.99 Å². The molecule has 2 heterocycles. The second kappa shape index (κ2) is 2.89. The molecule has 78 valence electrons. The predicted octanol–water partition coefficient (Wildman–Crippen LogP) is 1.01. The van der Waals surface area contributed by atoms with E-state index in [1.807, 2.05) is 24.3 Å². The number of nitrogens with zero attached hydrogens (tertiary/aromatic N) is 1. The Balaban J connectivity index is 2.07. The number of hydrogen-bond acceptors (Lipinski definition) is 4. The molecule has 0 saturated carbocycles. The second-order valence-corrected chi connectivity index (χ2v) is 3.85. The zero-order chi connectivity index (χ0) is 10.3. The lowest BCUT2D eigenvalue weighted by atomic mass is 9.88. The molecule has 0 radical (unpaired) electrons. The number of fused-ring (bicyclic) bond motifs is 2. The van der Waals surface area contributed by atoms with Gasteiger partial charge in [-0.15, -0.1) is 0 Å². The number of benzene rings is 1. The summed E-state index contributed by atoms with van der Waals surface area (Å²) in [7, 11) is 0. The number of nitrogens with two attached hydrogens (primary N) is 1. The van der Waals surface area contributed by atoms with Crippen molar-refractivity contribution in [1.82, 2.24) is 0 Å². The Hall–Kier alpha value is -1.71. The highest BCUT2D eigenvalue weighted by Gasteiger charge is 2.43. The van der Waals surface area contributed by atoms with Crippen LogP contribution in [0.15, 0.2) is 29.3 Å². The van der Waals surface area contributed by atoms with E-state index in [1.54, 1.807) is 0 Å². The smallest absolute Gasteiger partial charge is 0.283 e. The summed E-state index contributed by atoms with van der Waals surface area (Å²) in [6, 6.07) is 8.19. The van der Waals surface area contributed by atoms with Gasteiger partial charge in [-0.2, -0.15) is 0 Å². The van der Waals surface area contributed by atoms with Crippen LogP contribution < -0.4 is 10.5 Å². The van der Waals surface area contributed by atoms with E-state index in [1.165, 1.54) is 0 Å². The molecule has 1 aromatic carbocycles. The van der Waals surface area contributed by atoms with Crippen LogP contribution >= 0.6 is 0 Å². The molecule has 0 amide bonds. The van der Waals surface area contributed by atoms with Crippen molar-refractivity contribution in [1.29, 1.82) is 0 Å². The number of para-hydroxylation sites is 1. The molecular formula is C11H12N2O2. The summed E-state index contributed by atoms with van der Waals surface area (Å²) in [5.74, 6) is 0.883. The summed E-state index contributed by atoms with van der Waals surface area (Å²) < 4.78 is 11.2. The Morgan fingerprint density at radius 2 is 2.20 bits per heavy atom. The van der Waals surface area contributed by atoms with Crippen molar-refractivity contribution in [3.63, 3.8) is 0 Å². The molecule has 0 saturated heterocycles. The fourth-order valence-corrected chi connectivity index (χ4v) is 2.17. The molecule has 1 aromatic rings. The van der Waals surface area contributed by atoms with Gasteiger partial charge in [0.25, 0.3) is 6.02 Å². The van der Waals surface area contributed by atoms with Crippen LogP contribution in [0.4, 0.5) is 0 Å². The van der Waals surface area contributed by atoms with Gasteiger partial charge in [-0.25, -0.2) is 4.99 Å². The van der Waals surface area contributed by atoms with E-state index >= 15 is 0 Å². The number of ether oxygens (including phenoxy) is 2. The van der Waals surface area contributed by atoms with Gasteiger partial charge < -0.3 is 15.2 Å². The lowest BCUT2D eigenvalue weighted by Crippen LogP contribution is -2.37. The van der Waals surface area contributed by atoms with Gasteiger partial charge in [-0.1, -0.05) is 18.2 Å². The summed E-state index contributed by atoms with van der Waals surface area (Å²) >= 11 is 0. The molecule has 1 unspecified atom stereocenters. The molecule has 2 aliphatic rings. The highest BCUT2D eigenvalue weighted by molar-refractivity contribution is 5.74. The highest BCUT2D eigenvalue weighted by atomic mass is 16.5. The van der Waals surface area contributed by atoms with Crippen LogP contribution in [0, 0.1) is 0 Å². The van der Waals surface area contributed by atoms with Gasteiger partial charge in [0.15, 0.2) is 5.60 Å². The average molecular weight is 204 g/mol. The van der Waals surface area contributed by atoms with E-state index in [0.29, 0.717) is 13.2 Å². The quantitative estimate of drug-likeness (QED) is 0.686. The first-order valence-corrected chi connectivity index (χ1v) is 5.01. The molecule has 0 bridgehead atoms. The summed E-state index contributed by atoms with van der Waals surface area (Å²) in [6.45, 7) is 1.25. The molecule has 3 rings (SSSR count). The summed E-state index contributed by atoms with van der Waals surface area (Å²) in [4.78, 5) is 4.13. The fourth-order valence-electron chi connectivity index (χ4n) is 2.17. The van der Waals surface area contributed by atoms with Gasteiger partial charge in [0.2, 0.25) is 0 Å². The third-order valence-electron chi connectivity index (χ3n) is 2.93. The lowest BCUT2D eigenvalue weighted by Gasteiger charge is -2.33. The van der Waals surface area contributed by atoms with Crippen molar-refractivity contribution in [3.8, 4) is 5.75 Å². The SMILES string of the molecule is NC1=NCC2(CCOc3ccccc32)O1.